The molecule has 1 aliphatic rings. The summed E-state index contributed by atoms with van der Waals surface area (Å²) in [7, 11) is 0. The lowest BCUT2D eigenvalue weighted by Crippen LogP contribution is -2.35. The summed E-state index contributed by atoms with van der Waals surface area (Å²) in [6.07, 6.45) is 1.42. The average molecular weight is 355 g/mol. The van der Waals surface area contributed by atoms with Crippen molar-refractivity contribution in [3.8, 4) is 17.4 Å². The average Bonchev–Trinajstić information content (AvgIpc) is 3.29. The molecule has 1 fully saturated rings. The predicted molar refractivity (Wildman–Crippen MR) is 98.9 cm³/mol. The minimum absolute atomic E-state index is 0.000388. The Morgan fingerprint density at radius 3 is 2.41 bits per heavy atom. The van der Waals surface area contributed by atoms with Gasteiger partial charge >= 0.3 is 0 Å². The third kappa shape index (κ3) is 3.10. The fourth-order valence-corrected chi connectivity index (χ4v) is 2.75. The number of hydrogen-bond acceptors (Lipinski definition) is 4. The lowest BCUT2D eigenvalue weighted by molar-refractivity contribution is -0.117. The number of rotatable bonds is 3. The molecule has 130 valence electrons. The second-order valence-electron chi connectivity index (χ2n) is 5.87. The van der Waals surface area contributed by atoms with E-state index in [1.165, 1.54) is 11.1 Å². The van der Waals surface area contributed by atoms with Crippen LogP contribution in [0, 0.1) is 11.3 Å². The number of nitrogens with one attached hydrogen (secondary N) is 1. The molecule has 1 N–H and O–H groups in total. The summed E-state index contributed by atoms with van der Waals surface area (Å²) in [4.78, 5) is 24.8. The number of nitriles is 1. The molecule has 0 bridgehead atoms. The molecule has 3 aromatic rings. The molecule has 0 saturated carbocycles. The first-order valence-electron chi connectivity index (χ1n) is 8.18. The predicted octanol–water partition coefficient (Wildman–Crippen LogP) is 3.28. The molecule has 0 radical (unpaired) electrons. The van der Waals surface area contributed by atoms with E-state index >= 15 is 0 Å². The van der Waals surface area contributed by atoms with E-state index in [0.29, 0.717) is 22.8 Å². The zero-order chi connectivity index (χ0) is 18.8. The summed E-state index contributed by atoms with van der Waals surface area (Å²) < 4.78 is 5.73. The van der Waals surface area contributed by atoms with Crippen molar-refractivity contribution in [1.82, 2.24) is 5.43 Å². The van der Waals surface area contributed by atoms with Gasteiger partial charge in [0.25, 0.3) is 11.8 Å². The number of carbonyl (C=O) groups excluding carboxylic acids is 2. The number of amides is 2. The number of hydrazine groups is 1. The molecule has 6 heteroatoms. The largest absolute Gasteiger partial charge is 0.457 e. The second kappa shape index (κ2) is 6.65. The van der Waals surface area contributed by atoms with Crippen LogP contribution < -0.4 is 10.4 Å². The molecule has 0 spiro atoms. The number of furan rings is 1. The summed E-state index contributed by atoms with van der Waals surface area (Å²) in [6.45, 7) is 0. The van der Waals surface area contributed by atoms with Gasteiger partial charge in [0, 0.05) is 5.56 Å². The molecule has 2 heterocycles. The highest BCUT2D eigenvalue weighted by atomic mass is 16.3. The number of nitrogens with zero attached hydrogens (tertiary/aromatic N) is 2. The van der Waals surface area contributed by atoms with Crippen LogP contribution in [0.3, 0.4) is 0 Å². The van der Waals surface area contributed by atoms with Crippen molar-refractivity contribution < 1.29 is 14.0 Å². The quantitative estimate of drug-likeness (QED) is 0.577. The van der Waals surface area contributed by atoms with E-state index in [-0.39, 0.29) is 5.57 Å². The van der Waals surface area contributed by atoms with Gasteiger partial charge in [-0.25, -0.2) is 5.01 Å². The Kier molecular flexibility index (Phi) is 4.03. The molecule has 1 aliphatic heterocycles. The van der Waals surface area contributed by atoms with Crippen LogP contribution in [0.4, 0.5) is 5.69 Å². The Morgan fingerprint density at radius 2 is 1.70 bits per heavy atom. The van der Waals surface area contributed by atoms with Crippen LogP contribution in [0.1, 0.15) is 11.3 Å². The minimum Gasteiger partial charge on any atom is -0.457 e. The molecule has 0 aliphatic carbocycles. The summed E-state index contributed by atoms with van der Waals surface area (Å²) in [5, 5.41) is 10.1. The smallest absolute Gasteiger partial charge is 0.282 e. The lowest BCUT2D eigenvalue weighted by Gasteiger charge is -2.13. The van der Waals surface area contributed by atoms with E-state index in [9.17, 15) is 9.59 Å². The zero-order valence-electron chi connectivity index (χ0n) is 14.0. The van der Waals surface area contributed by atoms with E-state index < -0.39 is 11.8 Å². The van der Waals surface area contributed by atoms with Gasteiger partial charge in [0.1, 0.15) is 17.1 Å². The first kappa shape index (κ1) is 16.4. The van der Waals surface area contributed by atoms with Gasteiger partial charge in [0.05, 0.1) is 17.3 Å². The third-order valence-electron chi connectivity index (χ3n) is 4.12. The summed E-state index contributed by atoms with van der Waals surface area (Å²) in [5.74, 6) is 0.0441. The first-order valence-corrected chi connectivity index (χ1v) is 8.18. The van der Waals surface area contributed by atoms with Crippen LogP contribution in [0.2, 0.25) is 0 Å². The SMILES string of the molecule is N#Cc1ccc(-c2ccc(/C=C3/C(=O)NN(c4ccccc4)C3=O)o2)cc1. The van der Waals surface area contributed by atoms with Crippen LogP contribution in [-0.4, -0.2) is 11.8 Å². The number of carbonyl (C=O) groups is 2. The number of benzene rings is 2. The molecule has 27 heavy (non-hydrogen) atoms. The second-order valence-corrected chi connectivity index (χ2v) is 5.87. The fourth-order valence-electron chi connectivity index (χ4n) is 2.75. The Labute approximate surface area is 154 Å². The molecular weight excluding hydrogens is 342 g/mol. The highest BCUT2D eigenvalue weighted by Crippen LogP contribution is 2.26. The topological polar surface area (TPSA) is 86.3 Å². The maximum absolute atomic E-state index is 12.6. The van der Waals surface area contributed by atoms with Gasteiger partial charge in [-0.3, -0.25) is 15.0 Å². The van der Waals surface area contributed by atoms with Crippen LogP contribution >= 0.6 is 0 Å². The van der Waals surface area contributed by atoms with Crippen molar-refractivity contribution in [2.75, 3.05) is 5.01 Å². The van der Waals surface area contributed by atoms with Gasteiger partial charge in [-0.1, -0.05) is 18.2 Å². The van der Waals surface area contributed by atoms with Crippen LogP contribution in [-0.2, 0) is 9.59 Å². The molecule has 4 rings (SSSR count). The molecule has 1 saturated heterocycles. The fraction of sp³-hybridized carbons (Fsp3) is 0. The molecule has 6 nitrogen and oxygen atoms in total. The molecule has 2 amide bonds. The van der Waals surface area contributed by atoms with Gasteiger partial charge in [-0.2, -0.15) is 5.26 Å². The maximum Gasteiger partial charge on any atom is 0.282 e. The summed E-state index contributed by atoms with van der Waals surface area (Å²) >= 11 is 0. The maximum atomic E-state index is 12.6. The number of para-hydroxylation sites is 1. The van der Waals surface area contributed by atoms with Crippen molar-refractivity contribution in [1.29, 1.82) is 5.26 Å². The Bertz CT molecular complexity index is 1090. The van der Waals surface area contributed by atoms with E-state index in [0.717, 1.165) is 5.56 Å². The molecule has 0 unspecified atom stereocenters. The van der Waals surface area contributed by atoms with Crippen LogP contribution in [0.5, 0.6) is 0 Å². The van der Waals surface area contributed by atoms with Gasteiger partial charge in [0.15, 0.2) is 0 Å². The van der Waals surface area contributed by atoms with Crippen molar-refractivity contribution in [2.45, 2.75) is 0 Å². The summed E-state index contributed by atoms with van der Waals surface area (Å²) in [6, 6.07) is 21.3. The van der Waals surface area contributed by atoms with Crippen LogP contribution in [0.25, 0.3) is 17.4 Å². The number of anilines is 1. The molecule has 0 atom stereocenters. The zero-order valence-corrected chi connectivity index (χ0v) is 14.0. The van der Waals surface area contributed by atoms with Crippen molar-refractivity contribution in [3.63, 3.8) is 0 Å². The van der Waals surface area contributed by atoms with Crippen molar-refractivity contribution >= 4 is 23.6 Å². The van der Waals surface area contributed by atoms with Gasteiger partial charge in [-0.05, 0) is 54.6 Å². The standard InChI is InChI=1S/C21H13N3O3/c22-13-14-6-8-15(9-7-14)19-11-10-17(27-19)12-18-20(25)23-24(21(18)26)16-4-2-1-3-5-16/h1-12H,(H,23,25)/b18-12-. The Morgan fingerprint density at radius 1 is 0.963 bits per heavy atom. The van der Waals surface area contributed by atoms with E-state index in [2.05, 4.69) is 11.5 Å². The van der Waals surface area contributed by atoms with Crippen molar-refractivity contribution in [2.24, 2.45) is 0 Å². The number of hydrogen-bond donors (Lipinski definition) is 1. The Hall–Kier alpha value is -4.11. The third-order valence-corrected chi connectivity index (χ3v) is 4.12. The van der Waals surface area contributed by atoms with Gasteiger partial charge in [-0.15, -0.1) is 0 Å². The first-order chi connectivity index (χ1) is 13.2. The van der Waals surface area contributed by atoms with Crippen LogP contribution in [0.15, 0.2) is 76.7 Å². The van der Waals surface area contributed by atoms with Gasteiger partial charge in [0.2, 0.25) is 0 Å². The highest BCUT2D eigenvalue weighted by Gasteiger charge is 2.34. The van der Waals surface area contributed by atoms with E-state index in [1.807, 2.05) is 6.07 Å². The van der Waals surface area contributed by atoms with E-state index in [1.54, 1.807) is 60.7 Å². The van der Waals surface area contributed by atoms with Crippen molar-refractivity contribution in [3.05, 3.63) is 83.6 Å². The molecule has 1 aromatic heterocycles. The molecular formula is C21H13N3O3. The highest BCUT2D eigenvalue weighted by molar-refractivity contribution is 6.31. The Balaban J connectivity index is 1.60. The normalized spacial score (nSPS) is 15.1. The minimum atomic E-state index is -0.486. The van der Waals surface area contributed by atoms with E-state index in [4.69, 9.17) is 9.68 Å². The van der Waals surface area contributed by atoms with Gasteiger partial charge < -0.3 is 4.42 Å². The monoisotopic (exact) mass is 355 g/mol. The molecule has 2 aromatic carbocycles. The summed E-state index contributed by atoms with van der Waals surface area (Å²) in [5.41, 5.74) is 4.48. The lowest BCUT2D eigenvalue weighted by atomic mass is 10.1.